The monoisotopic (exact) mass is 382 g/mol. The zero-order valence-corrected chi connectivity index (χ0v) is 15.7. The first-order valence-corrected chi connectivity index (χ1v) is 10.5. The summed E-state index contributed by atoms with van der Waals surface area (Å²) in [4.78, 5) is 24.1. The van der Waals surface area contributed by atoms with Crippen molar-refractivity contribution >= 4 is 39.3 Å². The van der Waals surface area contributed by atoms with E-state index in [1.165, 1.54) is 23.4 Å². The van der Waals surface area contributed by atoms with E-state index in [0.717, 1.165) is 22.9 Å². The molecule has 1 atom stereocenters. The minimum atomic E-state index is -0.180. The van der Waals surface area contributed by atoms with Crippen LogP contribution in [-0.2, 0) is 11.2 Å². The fourth-order valence-corrected chi connectivity index (χ4v) is 5.20. The summed E-state index contributed by atoms with van der Waals surface area (Å²) in [5.41, 5.74) is 2.98. The van der Waals surface area contributed by atoms with Crippen LogP contribution in [0.3, 0.4) is 0 Å². The summed E-state index contributed by atoms with van der Waals surface area (Å²) < 4.78 is 0. The molecule has 0 bridgehead atoms. The van der Waals surface area contributed by atoms with Crippen molar-refractivity contribution in [2.24, 2.45) is 5.92 Å². The molecule has 26 heavy (non-hydrogen) atoms. The number of thiazole rings is 1. The molecule has 1 aliphatic carbocycles. The second kappa shape index (κ2) is 6.48. The summed E-state index contributed by atoms with van der Waals surface area (Å²) in [5.74, 6) is 0.738. The second-order valence-corrected chi connectivity index (χ2v) is 8.59. The SMILES string of the molecule is O=C(Nc1cccnc1)C1Cc2nc(-c3ccsc3)sc2N1CC1CC1. The van der Waals surface area contributed by atoms with E-state index in [2.05, 4.69) is 32.0 Å². The lowest BCUT2D eigenvalue weighted by Gasteiger charge is -2.25. The molecule has 5 nitrogen and oxygen atoms in total. The van der Waals surface area contributed by atoms with Crippen LogP contribution in [-0.4, -0.2) is 28.5 Å². The van der Waals surface area contributed by atoms with Crippen molar-refractivity contribution in [2.45, 2.75) is 25.3 Å². The number of pyridine rings is 1. The van der Waals surface area contributed by atoms with Crippen molar-refractivity contribution < 1.29 is 4.79 Å². The molecule has 0 spiro atoms. The molecule has 1 unspecified atom stereocenters. The first-order valence-electron chi connectivity index (χ1n) is 8.78. The molecule has 1 N–H and O–H groups in total. The van der Waals surface area contributed by atoms with E-state index >= 15 is 0 Å². The molecule has 5 rings (SSSR count). The van der Waals surface area contributed by atoms with Crippen molar-refractivity contribution in [3.63, 3.8) is 0 Å². The van der Waals surface area contributed by atoms with Gasteiger partial charge in [0.25, 0.3) is 0 Å². The number of carbonyl (C=O) groups is 1. The summed E-state index contributed by atoms with van der Waals surface area (Å²) in [6.07, 6.45) is 6.59. The molecule has 1 fully saturated rings. The maximum atomic E-state index is 12.9. The van der Waals surface area contributed by atoms with E-state index in [9.17, 15) is 4.79 Å². The number of thiophene rings is 1. The predicted octanol–water partition coefficient (Wildman–Crippen LogP) is 4.05. The Morgan fingerprint density at radius 3 is 3.00 bits per heavy atom. The largest absolute Gasteiger partial charge is 0.349 e. The second-order valence-electron chi connectivity index (χ2n) is 6.83. The van der Waals surface area contributed by atoms with E-state index in [1.807, 2.05) is 12.1 Å². The molecule has 0 radical (unpaired) electrons. The molecule has 2 aliphatic rings. The molecule has 1 aliphatic heterocycles. The lowest BCUT2D eigenvalue weighted by atomic mass is 10.2. The van der Waals surface area contributed by atoms with Crippen LogP contribution in [0.4, 0.5) is 10.7 Å². The Morgan fingerprint density at radius 1 is 1.35 bits per heavy atom. The number of carbonyl (C=O) groups excluding carboxylic acids is 1. The van der Waals surface area contributed by atoms with Crippen LogP contribution in [0.5, 0.6) is 0 Å². The number of rotatable bonds is 5. The normalized spacial score (nSPS) is 18.8. The van der Waals surface area contributed by atoms with E-state index in [1.54, 1.807) is 35.1 Å². The molecule has 3 aromatic heterocycles. The van der Waals surface area contributed by atoms with E-state index in [4.69, 9.17) is 4.98 Å². The Hall–Kier alpha value is -2.25. The van der Waals surface area contributed by atoms with Crippen molar-refractivity contribution in [2.75, 3.05) is 16.8 Å². The fourth-order valence-electron chi connectivity index (χ4n) is 3.33. The lowest BCUT2D eigenvalue weighted by molar-refractivity contribution is -0.117. The van der Waals surface area contributed by atoms with Gasteiger partial charge in [0.2, 0.25) is 5.91 Å². The third-order valence-electron chi connectivity index (χ3n) is 4.85. The molecule has 1 saturated carbocycles. The number of amides is 1. The summed E-state index contributed by atoms with van der Waals surface area (Å²) in [7, 11) is 0. The summed E-state index contributed by atoms with van der Waals surface area (Å²) in [6, 6.07) is 5.63. The van der Waals surface area contributed by atoms with Gasteiger partial charge in [-0.25, -0.2) is 4.98 Å². The number of anilines is 2. The van der Waals surface area contributed by atoms with Crippen LogP contribution in [0, 0.1) is 5.92 Å². The average molecular weight is 383 g/mol. The Bertz CT molecular complexity index is 918. The Morgan fingerprint density at radius 2 is 2.27 bits per heavy atom. The quantitative estimate of drug-likeness (QED) is 0.723. The molecule has 0 aromatic carbocycles. The Labute approximate surface area is 159 Å². The topological polar surface area (TPSA) is 58.1 Å². The number of nitrogens with zero attached hydrogens (tertiary/aromatic N) is 3. The van der Waals surface area contributed by atoms with E-state index in [0.29, 0.717) is 12.3 Å². The van der Waals surface area contributed by atoms with Gasteiger partial charge in [0.15, 0.2) is 0 Å². The third kappa shape index (κ3) is 3.01. The van der Waals surface area contributed by atoms with Crippen LogP contribution in [0.2, 0.25) is 0 Å². The highest BCUT2D eigenvalue weighted by molar-refractivity contribution is 7.19. The zero-order chi connectivity index (χ0) is 17.5. The predicted molar refractivity (Wildman–Crippen MR) is 106 cm³/mol. The summed E-state index contributed by atoms with van der Waals surface area (Å²) >= 11 is 3.40. The third-order valence-corrected chi connectivity index (χ3v) is 6.72. The molecular formula is C19H18N4OS2. The van der Waals surface area contributed by atoms with Crippen molar-refractivity contribution in [1.29, 1.82) is 0 Å². The van der Waals surface area contributed by atoms with Crippen molar-refractivity contribution in [3.05, 3.63) is 47.0 Å². The standard InChI is InChI=1S/C19H18N4OS2/c24-17(21-14-2-1-6-20-9-14)16-8-15-19(23(16)10-12-3-4-12)26-18(22-15)13-5-7-25-11-13/h1-2,5-7,9,11-12,16H,3-4,8,10H2,(H,21,24). The molecule has 132 valence electrons. The number of fused-ring (bicyclic) bond motifs is 1. The number of nitrogens with one attached hydrogen (secondary N) is 1. The maximum absolute atomic E-state index is 12.9. The molecular weight excluding hydrogens is 364 g/mol. The Kier molecular flexibility index (Phi) is 3.98. The summed E-state index contributed by atoms with van der Waals surface area (Å²) in [6.45, 7) is 0.948. The maximum Gasteiger partial charge on any atom is 0.247 e. The van der Waals surface area contributed by atoms with Gasteiger partial charge in [-0.15, -0.1) is 0 Å². The van der Waals surface area contributed by atoms with Crippen LogP contribution in [0.25, 0.3) is 10.6 Å². The molecule has 7 heteroatoms. The highest BCUT2D eigenvalue weighted by Gasteiger charge is 2.40. The van der Waals surface area contributed by atoms with Crippen LogP contribution in [0.1, 0.15) is 18.5 Å². The fraction of sp³-hybridized carbons (Fsp3) is 0.316. The number of hydrogen-bond acceptors (Lipinski definition) is 6. The molecule has 0 saturated heterocycles. The average Bonchev–Trinajstić information content (AvgIpc) is 3.05. The van der Waals surface area contributed by atoms with Gasteiger partial charge in [-0.3, -0.25) is 9.78 Å². The first kappa shape index (κ1) is 16.0. The first-order chi connectivity index (χ1) is 12.8. The minimum absolute atomic E-state index is 0.0286. The van der Waals surface area contributed by atoms with Gasteiger partial charge in [0.1, 0.15) is 16.1 Å². The van der Waals surface area contributed by atoms with Crippen LogP contribution in [0.15, 0.2) is 41.4 Å². The van der Waals surface area contributed by atoms with Crippen LogP contribution >= 0.6 is 22.7 Å². The van der Waals surface area contributed by atoms with Crippen LogP contribution < -0.4 is 10.2 Å². The van der Waals surface area contributed by atoms with Gasteiger partial charge in [-0.1, -0.05) is 11.3 Å². The summed E-state index contributed by atoms with van der Waals surface area (Å²) in [5, 5.41) is 9.45. The molecule has 1 amide bonds. The number of hydrogen-bond donors (Lipinski definition) is 1. The smallest absolute Gasteiger partial charge is 0.247 e. The zero-order valence-electron chi connectivity index (χ0n) is 14.1. The van der Waals surface area contributed by atoms with Gasteiger partial charge in [-0.05, 0) is 42.3 Å². The van der Waals surface area contributed by atoms with Crippen molar-refractivity contribution in [1.82, 2.24) is 9.97 Å². The number of aromatic nitrogens is 2. The Balaban J connectivity index is 1.41. The van der Waals surface area contributed by atoms with E-state index in [-0.39, 0.29) is 11.9 Å². The minimum Gasteiger partial charge on any atom is -0.349 e. The lowest BCUT2D eigenvalue weighted by Crippen LogP contribution is -2.43. The molecule has 3 aromatic rings. The van der Waals surface area contributed by atoms with Gasteiger partial charge < -0.3 is 10.2 Å². The van der Waals surface area contributed by atoms with Gasteiger partial charge in [-0.2, -0.15) is 11.3 Å². The molecule has 4 heterocycles. The highest BCUT2D eigenvalue weighted by Crippen LogP contribution is 2.44. The highest BCUT2D eigenvalue weighted by atomic mass is 32.1. The van der Waals surface area contributed by atoms with Gasteiger partial charge >= 0.3 is 0 Å². The van der Waals surface area contributed by atoms with Gasteiger partial charge in [0.05, 0.1) is 17.6 Å². The van der Waals surface area contributed by atoms with E-state index < -0.39 is 0 Å². The van der Waals surface area contributed by atoms with Gasteiger partial charge in [0, 0.05) is 30.1 Å². The van der Waals surface area contributed by atoms with Crippen molar-refractivity contribution in [3.8, 4) is 10.6 Å².